The number of piperidine rings is 1. The predicted octanol–water partition coefficient (Wildman–Crippen LogP) is -0.197. The summed E-state index contributed by atoms with van der Waals surface area (Å²) >= 11 is 0. The fourth-order valence-electron chi connectivity index (χ4n) is 2.10. The molecule has 1 saturated heterocycles. The Bertz CT molecular complexity index is 466. The second kappa shape index (κ2) is 5.70. The number of ether oxygens (including phenoxy) is 1. The lowest BCUT2D eigenvalue weighted by Gasteiger charge is -2.30. The normalized spacial score (nSPS) is 19.2. The van der Waals surface area contributed by atoms with E-state index in [2.05, 4.69) is 20.7 Å². The van der Waals surface area contributed by atoms with Crippen LogP contribution in [0.1, 0.15) is 12.8 Å². The van der Waals surface area contributed by atoms with Gasteiger partial charge >= 0.3 is 0 Å². The van der Waals surface area contributed by atoms with Gasteiger partial charge in [-0.3, -0.25) is 4.79 Å². The highest BCUT2D eigenvalue weighted by Gasteiger charge is 2.24. The Balaban J connectivity index is 2.13. The summed E-state index contributed by atoms with van der Waals surface area (Å²) in [5, 5.41) is 3.26. The first-order chi connectivity index (χ1) is 9.15. The Kier molecular flexibility index (Phi) is 4.00. The summed E-state index contributed by atoms with van der Waals surface area (Å²) < 4.78 is 5.25. The Labute approximate surface area is 111 Å². The number of aromatic nitrogens is 2. The number of nitrogen functional groups attached to an aromatic ring is 1. The maximum absolute atomic E-state index is 11.4. The quantitative estimate of drug-likeness (QED) is 0.512. The standard InChI is InChI=1S/C11H18N6O2/c1-17-5-7(3-4-8(17)18)15-10-9(19-2)11(16-12)14-6-13-10/h6-7H,3-5,12H2,1-2H3,(H2,13,14,15,16). The second-order valence-corrected chi connectivity index (χ2v) is 4.40. The third kappa shape index (κ3) is 2.84. The molecule has 4 N–H and O–H groups in total. The van der Waals surface area contributed by atoms with Gasteiger partial charge in [-0.15, -0.1) is 0 Å². The average molecular weight is 266 g/mol. The Hall–Kier alpha value is -2.09. The zero-order chi connectivity index (χ0) is 13.8. The zero-order valence-corrected chi connectivity index (χ0v) is 11.0. The second-order valence-electron chi connectivity index (χ2n) is 4.40. The molecule has 8 heteroatoms. The molecule has 1 aromatic heterocycles. The first-order valence-corrected chi connectivity index (χ1v) is 6.01. The summed E-state index contributed by atoms with van der Waals surface area (Å²) in [4.78, 5) is 21.3. The lowest BCUT2D eigenvalue weighted by atomic mass is 10.1. The van der Waals surface area contributed by atoms with Crippen molar-refractivity contribution in [1.82, 2.24) is 14.9 Å². The van der Waals surface area contributed by atoms with E-state index in [1.807, 2.05) is 0 Å². The molecule has 104 valence electrons. The minimum absolute atomic E-state index is 0.136. The molecule has 1 atom stereocenters. The number of carbonyl (C=O) groups excluding carboxylic acids is 1. The van der Waals surface area contributed by atoms with Crippen molar-refractivity contribution in [1.29, 1.82) is 0 Å². The van der Waals surface area contributed by atoms with Crippen LogP contribution >= 0.6 is 0 Å². The van der Waals surface area contributed by atoms with Crippen molar-refractivity contribution in [2.24, 2.45) is 5.84 Å². The zero-order valence-electron chi connectivity index (χ0n) is 11.0. The van der Waals surface area contributed by atoms with Crippen LogP contribution < -0.4 is 21.3 Å². The van der Waals surface area contributed by atoms with Crippen LogP contribution in [0.2, 0.25) is 0 Å². The van der Waals surface area contributed by atoms with Crippen LogP contribution in [0.5, 0.6) is 5.75 Å². The summed E-state index contributed by atoms with van der Waals surface area (Å²) in [7, 11) is 3.32. The Morgan fingerprint density at radius 3 is 2.84 bits per heavy atom. The molecule has 0 aliphatic carbocycles. The number of carbonyl (C=O) groups is 1. The number of nitrogens with zero attached hydrogens (tertiary/aromatic N) is 3. The smallest absolute Gasteiger partial charge is 0.222 e. The van der Waals surface area contributed by atoms with Gasteiger partial charge < -0.3 is 20.4 Å². The molecule has 19 heavy (non-hydrogen) atoms. The van der Waals surface area contributed by atoms with E-state index in [4.69, 9.17) is 10.6 Å². The molecule has 8 nitrogen and oxygen atoms in total. The van der Waals surface area contributed by atoms with Gasteiger partial charge in [0.1, 0.15) is 6.33 Å². The van der Waals surface area contributed by atoms with E-state index >= 15 is 0 Å². The first kappa shape index (κ1) is 13.3. The fraction of sp³-hybridized carbons (Fsp3) is 0.545. The molecule has 2 rings (SSSR count). The summed E-state index contributed by atoms with van der Waals surface area (Å²) in [5.74, 6) is 6.98. The predicted molar refractivity (Wildman–Crippen MR) is 70.7 cm³/mol. The van der Waals surface area contributed by atoms with Crippen molar-refractivity contribution in [3.05, 3.63) is 6.33 Å². The van der Waals surface area contributed by atoms with Crippen molar-refractivity contribution in [3.8, 4) is 5.75 Å². The van der Waals surface area contributed by atoms with Crippen molar-refractivity contribution in [2.75, 3.05) is 31.4 Å². The number of hydrazine groups is 1. The van der Waals surface area contributed by atoms with Crippen LogP contribution in [0.4, 0.5) is 11.6 Å². The highest BCUT2D eigenvalue weighted by atomic mass is 16.5. The summed E-state index contributed by atoms with van der Waals surface area (Å²) in [6.45, 7) is 0.636. The minimum Gasteiger partial charge on any atom is -0.490 e. The van der Waals surface area contributed by atoms with Gasteiger partial charge in [-0.05, 0) is 6.42 Å². The van der Waals surface area contributed by atoms with E-state index in [-0.39, 0.29) is 11.9 Å². The largest absolute Gasteiger partial charge is 0.490 e. The summed E-state index contributed by atoms with van der Waals surface area (Å²) in [5.41, 5.74) is 2.46. The van der Waals surface area contributed by atoms with Crippen molar-refractivity contribution < 1.29 is 9.53 Å². The van der Waals surface area contributed by atoms with Gasteiger partial charge in [0.25, 0.3) is 0 Å². The van der Waals surface area contributed by atoms with E-state index in [0.29, 0.717) is 30.4 Å². The third-order valence-electron chi connectivity index (χ3n) is 3.11. The number of likely N-dealkylation sites (N-methyl/N-ethyl adjacent to an activating group) is 1. The van der Waals surface area contributed by atoms with E-state index in [1.165, 1.54) is 13.4 Å². The van der Waals surface area contributed by atoms with E-state index < -0.39 is 0 Å². The monoisotopic (exact) mass is 266 g/mol. The molecule has 1 unspecified atom stereocenters. The van der Waals surface area contributed by atoms with Gasteiger partial charge in [0.2, 0.25) is 11.7 Å². The van der Waals surface area contributed by atoms with Crippen LogP contribution in [0.15, 0.2) is 6.33 Å². The number of anilines is 2. The minimum atomic E-state index is 0.136. The van der Waals surface area contributed by atoms with Crippen LogP contribution in [0, 0.1) is 0 Å². The number of nitrogens with two attached hydrogens (primary N) is 1. The number of nitrogens with one attached hydrogen (secondary N) is 2. The van der Waals surface area contributed by atoms with Crippen molar-refractivity contribution in [3.63, 3.8) is 0 Å². The molecule has 0 saturated carbocycles. The molecule has 1 aliphatic rings. The van der Waals surface area contributed by atoms with Crippen LogP contribution in [-0.2, 0) is 4.79 Å². The topological polar surface area (TPSA) is 105 Å². The van der Waals surface area contributed by atoms with Gasteiger partial charge in [-0.2, -0.15) is 0 Å². The molecule has 1 fully saturated rings. The first-order valence-electron chi connectivity index (χ1n) is 6.01. The van der Waals surface area contributed by atoms with E-state index in [1.54, 1.807) is 11.9 Å². The summed E-state index contributed by atoms with van der Waals surface area (Å²) in [6.07, 6.45) is 2.70. The molecule has 2 heterocycles. The van der Waals surface area contributed by atoms with Gasteiger partial charge in [-0.1, -0.05) is 0 Å². The number of hydrogen-bond donors (Lipinski definition) is 3. The molecule has 1 amide bonds. The number of hydrogen-bond acceptors (Lipinski definition) is 7. The number of likely N-dealkylation sites (tertiary alicyclic amines) is 1. The number of amides is 1. The van der Waals surface area contributed by atoms with Crippen LogP contribution in [0.3, 0.4) is 0 Å². The lowest BCUT2D eigenvalue weighted by Crippen LogP contribution is -2.43. The highest BCUT2D eigenvalue weighted by Crippen LogP contribution is 2.29. The fourth-order valence-corrected chi connectivity index (χ4v) is 2.10. The van der Waals surface area contributed by atoms with Gasteiger partial charge in [0.15, 0.2) is 11.6 Å². The molecule has 0 bridgehead atoms. The highest BCUT2D eigenvalue weighted by molar-refractivity contribution is 5.77. The van der Waals surface area contributed by atoms with E-state index in [0.717, 1.165) is 6.42 Å². The van der Waals surface area contributed by atoms with Crippen molar-refractivity contribution >= 4 is 17.5 Å². The van der Waals surface area contributed by atoms with E-state index in [9.17, 15) is 4.79 Å². The number of methoxy groups -OCH3 is 1. The SMILES string of the molecule is COc1c(NN)ncnc1NC1CCC(=O)N(C)C1. The molecule has 0 aromatic carbocycles. The maximum atomic E-state index is 11.4. The van der Waals surface area contributed by atoms with Crippen LogP contribution in [0.25, 0.3) is 0 Å². The molecule has 0 spiro atoms. The average Bonchev–Trinajstić information content (AvgIpc) is 2.42. The maximum Gasteiger partial charge on any atom is 0.222 e. The number of rotatable bonds is 4. The van der Waals surface area contributed by atoms with Gasteiger partial charge in [0.05, 0.1) is 7.11 Å². The molecular weight excluding hydrogens is 248 g/mol. The Morgan fingerprint density at radius 1 is 1.47 bits per heavy atom. The lowest BCUT2D eigenvalue weighted by molar-refractivity contribution is -0.132. The Morgan fingerprint density at radius 2 is 2.21 bits per heavy atom. The third-order valence-corrected chi connectivity index (χ3v) is 3.11. The molecule has 1 aromatic rings. The summed E-state index contributed by atoms with van der Waals surface area (Å²) in [6, 6.07) is 0.136. The molecule has 0 radical (unpaired) electrons. The molecule has 1 aliphatic heterocycles. The molecular formula is C11H18N6O2. The van der Waals surface area contributed by atoms with Gasteiger partial charge in [-0.25, -0.2) is 15.8 Å². The van der Waals surface area contributed by atoms with Crippen LogP contribution in [-0.4, -0.2) is 47.5 Å². The van der Waals surface area contributed by atoms with Gasteiger partial charge in [0, 0.05) is 26.1 Å². The van der Waals surface area contributed by atoms with Crippen molar-refractivity contribution in [2.45, 2.75) is 18.9 Å².